The maximum atomic E-state index is 3.94. The second kappa shape index (κ2) is 2.50. The molecule has 1 rings (SSSR count). The number of aromatic amines is 1. The summed E-state index contributed by atoms with van der Waals surface area (Å²) in [6.45, 7) is 3.71. The molecule has 0 unspecified atom stereocenters. The zero-order valence-corrected chi connectivity index (χ0v) is 4.72. The van der Waals surface area contributed by atoms with Crippen LogP contribution in [0.25, 0.3) is 0 Å². The summed E-state index contributed by atoms with van der Waals surface area (Å²) in [5.41, 5.74) is 1.10. The fourth-order valence-corrected chi connectivity index (χ4v) is 0.611. The van der Waals surface area contributed by atoms with Gasteiger partial charge in [-0.05, 0) is 18.9 Å². The van der Waals surface area contributed by atoms with Crippen LogP contribution in [-0.4, -0.2) is 10.2 Å². The van der Waals surface area contributed by atoms with Gasteiger partial charge in [0.15, 0.2) is 0 Å². The highest BCUT2D eigenvalue weighted by Gasteiger charge is 1.88. The fourth-order valence-electron chi connectivity index (χ4n) is 0.611. The molecule has 0 aromatic carbocycles. The van der Waals surface area contributed by atoms with Crippen molar-refractivity contribution in [2.24, 2.45) is 0 Å². The predicted octanol–water partition coefficient (Wildman–Crippen LogP) is 1.18. The number of hydrogen-bond donors (Lipinski definition) is 1. The van der Waals surface area contributed by atoms with E-state index in [1.165, 1.54) is 0 Å². The Morgan fingerprint density at radius 2 is 2.62 bits per heavy atom. The standard InChI is InChI=1S/C6H9N2/c1-2-3-6-4-5-7-8-6/h4-5H,1-3H2,(H,7,8). The third kappa shape index (κ3) is 1.09. The Labute approximate surface area is 48.9 Å². The molecule has 0 aliphatic heterocycles. The smallest absolute Gasteiger partial charge is 0.0622 e. The van der Waals surface area contributed by atoms with Crippen molar-refractivity contribution < 1.29 is 0 Å². The summed E-state index contributed by atoms with van der Waals surface area (Å²) in [4.78, 5) is 0. The first-order valence-corrected chi connectivity index (χ1v) is 2.71. The highest BCUT2D eigenvalue weighted by molar-refractivity contribution is 4.96. The van der Waals surface area contributed by atoms with Crippen LogP contribution >= 0.6 is 0 Å². The van der Waals surface area contributed by atoms with Crippen LogP contribution in [0.3, 0.4) is 0 Å². The van der Waals surface area contributed by atoms with Crippen molar-refractivity contribution in [3.8, 4) is 0 Å². The van der Waals surface area contributed by atoms with Gasteiger partial charge in [0.2, 0.25) is 0 Å². The minimum Gasteiger partial charge on any atom is -0.285 e. The van der Waals surface area contributed by atoms with Crippen molar-refractivity contribution in [3.05, 3.63) is 24.9 Å². The molecule has 43 valence electrons. The van der Waals surface area contributed by atoms with Gasteiger partial charge in [0.1, 0.15) is 0 Å². The average Bonchev–Trinajstić information content (AvgIpc) is 2.19. The molecular formula is C6H9N2. The SMILES string of the molecule is [CH2]CCc1cc[nH]n1. The van der Waals surface area contributed by atoms with Crippen molar-refractivity contribution in [3.63, 3.8) is 0 Å². The maximum absolute atomic E-state index is 3.94. The van der Waals surface area contributed by atoms with Gasteiger partial charge in [-0.3, -0.25) is 5.10 Å². The van der Waals surface area contributed by atoms with Gasteiger partial charge in [0.25, 0.3) is 0 Å². The number of aryl methyl sites for hydroxylation is 1. The first-order chi connectivity index (χ1) is 3.93. The van der Waals surface area contributed by atoms with E-state index in [0.29, 0.717) is 0 Å². The summed E-state index contributed by atoms with van der Waals surface area (Å²) in [6, 6.07) is 1.96. The van der Waals surface area contributed by atoms with Crippen molar-refractivity contribution in [1.29, 1.82) is 0 Å². The van der Waals surface area contributed by atoms with Gasteiger partial charge in [-0.25, -0.2) is 0 Å². The molecule has 0 bridgehead atoms. The molecule has 1 aromatic rings. The molecule has 1 heterocycles. The monoisotopic (exact) mass is 109 g/mol. The molecule has 0 amide bonds. The van der Waals surface area contributed by atoms with E-state index in [0.717, 1.165) is 18.5 Å². The molecule has 0 saturated carbocycles. The van der Waals surface area contributed by atoms with Gasteiger partial charge in [-0.1, -0.05) is 6.92 Å². The van der Waals surface area contributed by atoms with Crippen LogP contribution in [0.15, 0.2) is 12.3 Å². The van der Waals surface area contributed by atoms with Gasteiger partial charge in [0, 0.05) is 6.20 Å². The first-order valence-electron chi connectivity index (χ1n) is 2.71. The Bertz CT molecular complexity index is 132. The zero-order chi connectivity index (χ0) is 5.82. The van der Waals surface area contributed by atoms with Crippen LogP contribution in [0.4, 0.5) is 0 Å². The molecule has 1 aromatic heterocycles. The third-order valence-electron chi connectivity index (χ3n) is 0.991. The Hall–Kier alpha value is -0.790. The number of hydrogen-bond acceptors (Lipinski definition) is 1. The van der Waals surface area contributed by atoms with Crippen LogP contribution < -0.4 is 0 Å². The summed E-state index contributed by atoms with van der Waals surface area (Å²) in [5, 5.41) is 6.68. The predicted molar refractivity (Wildman–Crippen MR) is 32.3 cm³/mol. The van der Waals surface area contributed by atoms with E-state index in [9.17, 15) is 0 Å². The normalized spacial score (nSPS) is 9.62. The van der Waals surface area contributed by atoms with Gasteiger partial charge in [0.05, 0.1) is 5.69 Å². The van der Waals surface area contributed by atoms with E-state index >= 15 is 0 Å². The summed E-state index contributed by atoms with van der Waals surface area (Å²) < 4.78 is 0. The van der Waals surface area contributed by atoms with Crippen LogP contribution in [0.2, 0.25) is 0 Å². The molecule has 0 atom stereocenters. The number of nitrogens with zero attached hydrogens (tertiary/aromatic N) is 1. The van der Waals surface area contributed by atoms with E-state index in [4.69, 9.17) is 0 Å². The van der Waals surface area contributed by atoms with E-state index in [1.54, 1.807) is 0 Å². The van der Waals surface area contributed by atoms with E-state index < -0.39 is 0 Å². The molecule has 0 aliphatic rings. The fraction of sp³-hybridized carbons (Fsp3) is 0.333. The minimum atomic E-state index is 0.921. The molecule has 0 fully saturated rings. The third-order valence-corrected chi connectivity index (χ3v) is 0.991. The van der Waals surface area contributed by atoms with Crippen molar-refractivity contribution in [2.75, 3.05) is 0 Å². The summed E-state index contributed by atoms with van der Waals surface area (Å²) in [6.07, 6.45) is 3.72. The Kier molecular flexibility index (Phi) is 1.67. The summed E-state index contributed by atoms with van der Waals surface area (Å²) >= 11 is 0. The van der Waals surface area contributed by atoms with Crippen molar-refractivity contribution in [1.82, 2.24) is 10.2 Å². The van der Waals surface area contributed by atoms with Crippen LogP contribution in [-0.2, 0) is 6.42 Å². The zero-order valence-electron chi connectivity index (χ0n) is 4.72. The van der Waals surface area contributed by atoms with Crippen molar-refractivity contribution >= 4 is 0 Å². The van der Waals surface area contributed by atoms with Gasteiger partial charge in [-0.2, -0.15) is 5.10 Å². The summed E-state index contributed by atoms with van der Waals surface area (Å²) in [5.74, 6) is 0. The van der Waals surface area contributed by atoms with Gasteiger partial charge in [-0.15, -0.1) is 0 Å². The molecule has 0 saturated heterocycles. The maximum Gasteiger partial charge on any atom is 0.0622 e. The number of H-pyrrole nitrogens is 1. The minimum absolute atomic E-state index is 0.921. The topological polar surface area (TPSA) is 28.7 Å². The van der Waals surface area contributed by atoms with E-state index in [2.05, 4.69) is 17.1 Å². The second-order valence-corrected chi connectivity index (χ2v) is 1.67. The number of rotatable bonds is 2. The Balaban J connectivity index is 2.50. The highest BCUT2D eigenvalue weighted by Crippen LogP contribution is 1.94. The molecule has 8 heavy (non-hydrogen) atoms. The molecule has 0 spiro atoms. The van der Waals surface area contributed by atoms with E-state index in [-0.39, 0.29) is 0 Å². The molecule has 1 N–H and O–H groups in total. The lowest BCUT2D eigenvalue weighted by atomic mass is 10.3. The van der Waals surface area contributed by atoms with Crippen LogP contribution in [0, 0.1) is 6.92 Å². The largest absolute Gasteiger partial charge is 0.285 e. The summed E-state index contributed by atoms with van der Waals surface area (Å²) in [7, 11) is 0. The second-order valence-electron chi connectivity index (χ2n) is 1.67. The molecule has 1 radical (unpaired) electrons. The van der Waals surface area contributed by atoms with Gasteiger partial charge < -0.3 is 0 Å². The molecule has 2 nitrogen and oxygen atoms in total. The van der Waals surface area contributed by atoms with E-state index in [1.807, 2.05) is 12.3 Å². The lowest BCUT2D eigenvalue weighted by molar-refractivity contribution is 0.914. The lowest BCUT2D eigenvalue weighted by Gasteiger charge is -1.84. The molecular weight excluding hydrogens is 100 g/mol. The first kappa shape index (κ1) is 5.35. The van der Waals surface area contributed by atoms with Crippen LogP contribution in [0.5, 0.6) is 0 Å². The van der Waals surface area contributed by atoms with Gasteiger partial charge >= 0.3 is 0 Å². The lowest BCUT2D eigenvalue weighted by Crippen LogP contribution is -1.80. The van der Waals surface area contributed by atoms with Crippen LogP contribution in [0.1, 0.15) is 12.1 Å². The average molecular weight is 109 g/mol. The highest BCUT2D eigenvalue weighted by atomic mass is 15.1. The Morgan fingerprint density at radius 3 is 3.12 bits per heavy atom. The number of aromatic nitrogens is 2. The number of nitrogens with one attached hydrogen (secondary N) is 1. The molecule has 0 aliphatic carbocycles. The molecule has 2 heteroatoms. The Morgan fingerprint density at radius 1 is 1.75 bits per heavy atom. The quantitative estimate of drug-likeness (QED) is 0.607. The van der Waals surface area contributed by atoms with Crippen molar-refractivity contribution in [2.45, 2.75) is 12.8 Å².